The first-order chi connectivity index (χ1) is 9.35. The summed E-state index contributed by atoms with van der Waals surface area (Å²) in [5, 5.41) is 3.27. The van der Waals surface area contributed by atoms with Gasteiger partial charge in [-0.2, -0.15) is 0 Å². The van der Waals surface area contributed by atoms with Gasteiger partial charge < -0.3 is 15.8 Å². The van der Waals surface area contributed by atoms with Crippen molar-refractivity contribution in [3.05, 3.63) is 0 Å². The number of rotatable bonds is 8. The molecule has 3 N–H and O–H groups in total. The minimum absolute atomic E-state index is 0.242. The van der Waals surface area contributed by atoms with E-state index in [2.05, 4.69) is 12.2 Å². The van der Waals surface area contributed by atoms with Crippen molar-refractivity contribution in [2.75, 3.05) is 6.61 Å². The second-order valence-electron chi connectivity index (χ2n) is 6.77. The van der Waals surface area contributed by atoms with Crippen LogP contribution in [0.4, 0.5) is 0 Å². The zero-order chi connectivity index (χ0) is 15.2. The Kier molecular flexibility index (Phi) is 6.96. The fourth-order valence-electron chi connectivity index (χ4n) is 3.09. The largest absolute Gasteiger partial charge is 0.378 e. The molecule has 0 bridgehead atoms. The molecule has 3 atom stereocenters. The molecule has 118 valence electrons. The first kappa shape index (κ1) is 17.4. The molecule has 0 spiro atoms. The van der Waals surface area contributed by atoms with Gasteiger partial charge in [-0.05, 0) is 52.4 Å². The smallest absolute Gasteiger partial charge is 0.237 e. The van der Waals surface area contributed by atoms with Gasteiger partial charge in [-0.25, -0.2) is 0 Å². The molecule has 1 saturated carbocycles. The van der Waals surface area contributed by atoms with Crippen molar-refractivity contribution >= 4 is 5.91 Å². The zero-order valence-electron chi connectivity index (χ0n) is 13.6. The Hall–Kier alpha value is -0.610. The van der Waals surface area contributed by atoms with Crippen LogP contribution in [-0.2, 0) is 9.53 Å². The fraction of sp³-hybridized carbons (Fsp3) is 0.938. The molecule has 0 saturated heterocycles. The van der Waals surface area contributed by atoms with E-state index in [0.29, 0.717) is 12.0 Å². The Bertz CT molecular complexity index is 307. The monoisotopic (exact) mass is 284 g/mol. The molecule has 0 aromatic heterocycles. The molecule has 0 aromatic rings. The van der Waals surface area contributed by atoms with E-state index in [1.54, 1.807) is 0 Å². The van der Waals surface area contributed by atoms with Crippen LogP contribution in [0.3, 0.4) is 0 Å². The third-order valence-corrected chi connectivity index (χ3v) is 4.34. The molecule has 1 amide bonds. The van der Waals surface area contributed by atoms with Gasteiger partial charge in [0.05, 0.1) is 11.6 Å². The lowest BCUT2D eigenvalue weighted by atomic mass is 9.88. The number of carbonyl (C=O) groups is 1. The van der Waals surface area contributed by atoms with E-state index in [1.165, 1.54) is 25.7 Å². The molecule has 4 nitrogen and oxygen atoms in total. The van der Waals surface area contributed by atoms with Crippen LogP contribution in [0.15, 0.2) is 0 Å². The molecule has 0 aliphatic heterocycles. The maximum Gasteiger partial charge on any atom is 0.237 e. The molecule has 1 fully saturated rings. The number of ether oxygens (including phenoxy) is 1. The number of amides is 1. The number of hydrogen-bond donors (Lipinski definition) is 2. The van der Waals surface area contributed by atoms with Crippen LogP contribution < -0.4 is 11.1 Å². The van der Waals surface area contributed by atoms with Crippen molar-refractivity contribution in [2.45, 2.75) is 83.9 Å². The van der Waals surface area contributed by atoms with Gasteiger partial charge in [0.1, 0.15) is 0 Å². The van der Waals surface area contributed by atoms with Crippen molar-refractivity contribution in [3.8, 4) is 0 Å². The Morgan fingerprint density at radius 2 is 2.05 bits per heavy atom. The maximum absolute atomic E-state index is 11.6. The predicted octanol–water partition coefficient (Wildman–Crippen LogP) is 2.60. The van der Waals surface area contributed by atoms with Gasteiger partial charge in [-0.3, -0.25) is 4.79 Å². The lowest BCUT2D eigenvalue weighted by Gasteiger charge is -2.31. The van der Waals surface area contributed by atoms with Crippen LogP contribution in [0.5, 0.6) is 0 Å². The number of hydrogen-bond acceptors (Lipinski definition) is 3. The molecular weight excluding hydrogens is 252 g/mol. The average molecular weight is 284 g/mol. The van der Waals surface area contributed by atoms with Gasteiger partial charge in [0.25, 0.3) is 0 Å². The summed E-state index contributed by atoms with van der Waals surface area (Å²) in [5.41, 5.74) is 4.89. The Morgan fingerprint density at radius 1 is 1.40 bits per heavy atom. The van der Waals surface area contributed by atoms with Crippen LogP contribution in [0.2, 0.25) is 0 Å². The Morgan fingerprint density at radius 3 is 2.60 bits per heavy atom. The molecule has 0 radical (unpaired) electrons. The molecule has 1 rings (SSSR count). The van der Waals surface area contributed by atoms with E-state index >= 15 is 0 Å². The lowest BCUT2D eigenvalue weighted by Crippen LogP contribution is -2.55. The highest BCUT2D eigenvalue weighted by Gasteiger charge is 2.31. The van der Waals surface area contributed by atoms with Gasteiger partial charge in [-0.1, -0.05) is 19.8 Å². The first-order valence-electron chi connectivity index (χ1n) is 8.04. The van der Waals surface area contributed by atoms with Crippen LogP contribution in [0.1, 0.15) is 66.2 Å². The van der Waals surface area contributed by atoms with Gasteiger partial charge in [0.2, 0.25) is 5.91 Å². The second-order valence-corrected chi connectivity index (χ2v) is 6.77. The van der Waals surface area contributed by atoms with Gasteiger partial charge in [-0.15, -0.1) is 0 Å². The molecule has 20 heavy (non-hydrogen) atoms. The van der Waals surface area contributed by atoms with E-state index in [0.717, 1.165) is 19.4 Å². The molecule has 1 aliphatic rings. The summed E-state index contributed by atoms with van der Waals surface area (Å²) in [6.45, 7) is 8.94. The fourth-order valence-corrected chi connectivity index (χ4v) is 3.09. The highest BCUT2D eigenvalue weighted by molar-refractivity contribution is 5.84. The second kappa shape index (κ2) is 7.99. The summed E-state index contributed by atoms with van der Waals surface area (Å²) in [5.74, 6) is 0.386. The highest BCUT2D eigenvalue weighted by Crippen LogP contribution is 2.26. The summed E-state index contributed by atoms with van der Waals surface area (Å²) in [6.07, 6.45) is 7.06. The zero-order valence-corrected chi connectivity index (χ0v) is 13.6. The van der Waals surface area contributed by atoms with Gasteiger partial charge in [0.15, 0.2) is 0 Å². The van der Waals surface area contributed by atoms with Crippen molar-refractivity contribution in [1.29, 1.82) is 0 Å². The molecule has 4 heteroatoms. The van der Waals surface area contributed by atoms with E-state index in [-0.39, 0.29) is 11.9 Å². The van der Waals surface area contributed by atoms with Gasteiger partial charge >= 0.3 is 0 Å². The first-order valence-corrected chi connectivity index (χ1v) is 8.04. The van der Waals surface area contributed by atoms with E-state index in [4.69, 9.17) is 10.5 Å². The third-order valence-electron chi connectivity index (χ3n) is 4.34. The molecule has 1 aliphatic carbocycles. The number of carbonyl (C=O) groups excluding carboxylic acids is 1. The maximum atomic E-state index is 11.6. The average Bonchev–Trinajstić information content (AvgIpc) is 2.35. The minimum atomic E-state index is -0.629. The standard InChI is InChI=1S/C16H32N2O2/c1-12(2)18-16(4,15(17)19)10-7-11-20-14-9-6-5-8-13(14)3/h12-14,18H,5-11H2,1-4H3,(H2,17,19). The quantitative estimate of drug-likeness (QED) is 0.673. The molecule has 3 unspecified atom stereocenters. The Labute approximate surface area is 123 Å². The van der Waals surface area contributed by atoms with Crippen molar-refractivity contribution < 1.29 is 9.53 Å². The molecular formula is C16H32N2O2. The van der Waals surface area contributed by atoms with E-state index < -0.39 is 5.54 Å². The molecule has 0 aromatic carbocycles. The van der Waals surface area contributed by atoms with Gasteiger partial charge in [0, 0.05) is 12.6 Å². The number of primary amides is 1. The van der Waals surface area contributed by atoms with Crippen LogP contribution in [0, 0.1) is 5.92 Å². The minimum Gasteiger partial charge on any atom is -0.378 e. The highest BCUT2D eigenvalue weighted by atomic mass is 16.5. The summed E-state index contributed by atoms with van der Waals surface area (Å²) >= 11 is 0. The summed E-state index contributed by atoms with van der Waals surface area (Å²) < 4.78 is 6.00. The van der Waals surface area contributed by atoms with Crippen LogP contribution >= 0.6 is 0 Å². The molecule has 0 heterocycles. The van der Waals surface area contributed by atoms with Crippen LogP contribution in [-0.4, -0.2) is 30.2 Å². The number of nitrogens with one attached hydrogen (secondary N) is 1. The SMILES string of the molecule is CC(C)NC(C)(CCCOC1CCCCC1C)C(N)=O. The summed E-state index contributed by atoms with van der Waals surface area (Å²) in [6, 6.07) is 0.242. The van der Waals surface area contributed by atoms with E-state index in [9.17, 15) is 4.79 Å². The van der Waals surface area contributed by atoms with Crippen molar-refractivity contribution in [3.63, 3.8) is 0 Å². The van der Waals surface area contributed by atoms with E-state index in [1.807, 2.05) is 20.8 Å². The summed E-state index contributed by atoms with van der Waals surface area (Å²) in [7, 11) is 0. The third kappa shape index (κ3) is 5.41. The normalized spacial score (nSPS) is 26.4. The lowest BCUT2D eigenvalue weighted by molar-refractivity contribution is -0.124. The van der Waals surface area contributed by atoms with Crippen molar-refractivity contribution in [2.24, 2.45) is 11.7 Å². The Balaban J connectivity index is 2.32. The predicted molar refractivity (Wildman–Crippen MR) is 82.5 cm³/mol. The number of nitrogens with two attached hydrogens (primary N) is 1. The van der Waals surface area contributed by atoms with Crippen LogP contribution in [0.25, 0.3) is 0 Å². The summed E-state index contributed by atoms with van der Waals surface area (Å²) in [4.78, 5) is 11.6. The van der Waals surface area contributed by atoms with Crippen molar-refractivity contribution in [1.82, 2.24) is 5.32 Å². The topological polar surface area (TPSA) is 64.3 Å².